The summed E-state index contributed by atoms with van der Waals surface area (Å²) in [5, 5.41) is 9.89. The van der Waals surface area contributed by atoms with Crippen molar-refractivity contribution >= 4 is 5.69 Å². The Morgan fingerprint density at radius 1 is 1.36 bits per heavy atom. The van der Waals surface area contributed by atoms with Crippen molar-refractivity contribution in [2.24, 2.45) is 0 Å². The molecule has 1 rings (SSSR count). The van der Waals surface area contributed by atoms with Crippen LogP contribution in [-0.4, -0.2) is 14.9 Å². The van der Waals surface area contributed by atoms with E-state index in [1.165, 1.54) is 0 Å². The van der Waals surface area contributed by atoms with E-state index in [0.717, 1.165) is 0 Å². The molecule has 1 heterocycles. The van der Waals surface area contributed by atoms with E-state index in [1.807, 2.05) is 0 Å². The van der Waals surface area contributed by atoms with Crippen LogP contribution in [0.4, 0.5) is 14.5 Å². The SMILES string of the molecule is O=[N+]([O-])c1c(F)ncnc1F. The van der Waals surface area contributed by atoms with Crippen molar-refractivity contribution in [3.8, 4) is 0 Å². The molecule has 0 bridgehead atoms. The lowest BCUT2D eigenvalue weighted by Gasteiger charge is -1.90. The standard InChI is InChI=1S/C4HF2N3O2/c5-3-2(9(10)11)4(6)8-1-7-3/h1H. The van der Waals surface area contributed by atoms with Crippen molar-refractivity contribution in [3.63, 3.8) is 0 Å². The van der Waals surface area contributed by atoms with Gasteiger partial charge in [0.05, 0.1) is 4.92 Å². The van der Waals surface area contributed by atoms with E-state index in [0.29, 0.717) is 6.33 Å². The van der Waals surface area contributed by atoms with Crippen molar-refractivity contribution in [1.82, 2.24) is 9.97 Å². The van der Waals surface area contributed by atoms with Gasteiger partial charge in [-0.2, -0.15) is 8.78 Å². The number of nitro groups is 1. The third kappa shape index (κ3) is 1.26. The number of halogens is 2. The maximum Gasteiger partial charge on any atom is 0.378 e. The fourth-order valence-electron chi connectivity index (χ4n) is 0.488. The molecule has 0 saturated carbocycles. The first-order chi connectivity index (χ1) is 5.13. The molecule has 0 saturated heterocycles. The topological polar surface area (TPSA) is 68.9 Å². The van der Waals surface area contributed by atoms with Gasteiger partial charge < -0.3 is 0 Å². The zero-order chi connectivity index (χ0) is 8.43. The van der Waals surface area contributed by atoms with E-state index >= 15 is 0 Å². The van der Waals surface area contributed by atoms with Crippen LogP contribution in [0, 0.1) is 22.0 Å². The molecule has 7 heteroatoms. The molecule has 5 nitrogen and oxygen atoms in total. The second-order valence-electron chi connectivity index (χ2n) is 1.56. The number of hydrogen-bond acceptors (Lipinski definition) is 4. The molecule has 58 valence electrons. The van der Waals surface area contributed by atoms with Crippen molar-refractivity contribution < 1.29 is 13.7 Å². The highest BCUT2D eigenvalue weighted by Crippen LogP contribution is 2.15. The fraction of sp³-hybridized carbons (Fsp3) is 0. The van der Waals surface area contributed by atoms with Gasteiger partial charge in [-0.05, 0) is 0 Å². The summed E-state index contributed by atoms with van der Waals surface area (Å²) in [5.74, 6) is -2.94. The van der Waals surface area contributed by atoms with Crippen LogP contribution >= 0.6 is 0 Å². The molecule has 0 aliphatic heterocycles. The monoisotopic (exact) mass is 161 g/mol. The summed E-state index contributed by atoms with van der Waals surface area (Å²) in [6.45, 7) is 0. The second kappa shape index (κ2) is 2.52. The van der Waals surface area contributed by atoms with Crippen LogP contribution in [0.3, 0.4) is 0 Å². The predicted octanol–water partition coefficient (Wildman–Crippen LogP) is 0.663. The summed E-state index contributed by atoms with van der Waals surface area (Å²) in [7, 11) is 0. The Labute approximate surface area is 58.9 Å². The summed E-state index contributed by atoms with van der Waals surface area (Å²) >= 11 is 0. The number of aromatic nitrogens is 2. The molecule has 0 amide bonds. The van der Waals surface area contributed by atoms with Crippen LogP contribution in [-0.2, 0) is 0 Å². The Kier molecular flexibility index (Phi) is 1.71. The largest absolute Gasteiger partial charge is 0.378 e. The van der Waals surface area contributed by atoms with Gasteiger partial charge in [0.25, 0.3) is 11.9 Å². The molecule has 1 aromatic heterocycles. The minimum Gasteiger partial charge on any atom is -0.258 e. The Hall–Kier alpha value is -1.66. The van der Waals surface area contributed by atoms with E-state index in [9.17, 15) is 18.9 Å². The molecule has 0 aromatic carbocycles. The molecular formula is C4HF2N3O2. The Bertz CT molecular complexity index is 283. The lowest BCUT2D eigenvalue weighted by atomic mass is 10.5. The van der Waals surface area contributed by atoms with Gasteiger partial charge in [-0.3, -0.25) is 10.1 Å². The smallest absolute Gasteiger partial charge is 0.258 e. The predicted molar refractivity (Wildman–Crippen MR) is 28.6 cm³/mol. The van der Waals surface area contributed by atoms with E-state index in [4.69, 9.17) is 0 Å². The van der Waals surface area contributed by atoms with Crippen LogP contribution in [0.25, 0.3) is 0 Å². The van der Waals surface area contributed by atoms with E-state index < -0.39 is 22.5 Å². The fourth-order valence-corrected chi connectivity index (χ4v) is 0.488. The number of hydrogen-bond donors (Lipinski definition) is 0. The van der Waals surface area contributed by atoms with Crippen molar-refractivity contribution in [2.75, 3.05) is 0 Å². The van der Waals surface area contributed by atoms with Gasteiger partial charge in [0.2, 0.25) is 0 Å². The molecule has 0 aliphatic rings. The van der Waals surface area contributed by atoms with Crippen LogP contribution in [0.1, 0.15) is 0 Å². The number of rotatable bonds is 1. The molecule has 1 aromatic rings. The zero-order valence-electron chi connectivity index (χ0n) is 4.99. The highest BCUT2D eigenvalue weighted by molar-refractivity contribution is 5.23. The van der Waals surface area contributed by atoms with Crippen LogP contribution in [0.2, 0.25) is 0 Å². The quantitative estimate of drug-likeness (QED) is 0.344. The maximum atomic E-state index is 12.3. The first-order valence-corrected chi connectivity index (χ1v) is 2.43. The summed E-state index contributed by atoms with van der Waals surface area (Å²) in [6, 6.07) is 0. The lowest BCUT2D eigenvalue weighted by Crippen LogP contribution is -2.00. The average Bonchev–Trinajstić information content (AvgIpc) is 1.85. The van der Waals surface area contributed by atoms with Crippen molar-refractivity contribution in [3.05, 3.63) is 28.3 Å². The van der Waals surface area contributed by atoms with Gasteiger partial charge in [-0.25, -0.2) is 9.97 Å². The maximum absolute atomic E-state index is 12.3. The van der Waals surface area contributed by atoms with E-state index in [2.05, 4.69) is 9.97 Å². The Morgan fingerprint density at radius 3 is 2.09 bits per heavy atom. The Morgan fingerprint density at radius 2 is 1.82 bits per heavy atom. The van der Waals surface area contributed by atoms with E-state index in [-0.39, 0.29) is 0 Å². The first-order valence-electron chi connectivity index (χ1n) is 2.43. The zero-order valence-corrected chi connectivity index (χ0v) is 4.99. The minimum absolute atomic E-state index is 0.567. The lowest BCUT2D eigenvalue weighted by molar-refractivity contribution is -0.391. The van der Waals surface area contributed by atoms with Crippen molar-refractivity contribution in [1.29, 1.82) is 0 Å². The normalized spacial score (nSPS) is 9.64. The van der Waals surface area contributed by atoms with Gasteiger partial charge in [-0.1, -0.05) is 0 Å². The summed E-state index contributed by atoms with van der Waals surface area (Å²) in [6.07, 6.45) is 0.567. The van der Waals surface area contributed by atoms with Crippen LogP contribution in [0.5, 0.6) is 0 Å². The molecule has 0 spiro atoms. The minimum atomic E-state index is -1.47. The second-order valence-corrected chi connectivity index (χ2v) is 1.56. The third-order valence-electron chi connectivity index (χ3n) is 0.916. The van der Waals surface area contributed by atoms with E-state index in [1.54, 1.807) is 0 Å². The van der Waals surface area contributed by atoms with Gasteiger partial charge in [0.15, 0.2) is 0 Å². The molecule has 0 unspecified atom stereocenters. The van der Waals surface area contributed by atoms with Gasteiger partial charge in [0, 0.05) is 0 Å². The molecular weight excluding hydrogens is 160 g/mol. The highest BCUT2D eigenvalue weighted by Gasteiger charge is 2.22. The average molecular weight is 161 g/mol. The van der Waals surface area contributed by atoms with Gasteiger partial charge in [-0.15, -0.1) is 0 Å². The summed E-state index contributed by atoms with van der Waals surface area (Å²) in [5.41, 5.74) is -1.33. The van der Waals surface area contributed by atoms with Gasteiger partial charge in [0.1, 0.15) is 6.33 Å². The first kappa shape index (κ1) is 7.45. The molecule has 0 N–H and O–H groups in total. The number of nitrogens with zero attached hydrogens (tertiary/aromatic N) is 3. The molecule has 11 heavy (non-hydrogen) atoms. The molecule has 0 fully saturated rings. The van der Waals surface area contributed by atoms with Crippen LogP contribution in [0.15, 0.2) is 6.33 Å². The van der Waals surface area contributed by atoms with Crippen LogP contribution < -0.4 is 0 Å². The molecule has 0 radical (unpaired) electrons. The summed E-state index contributed by atoms with van der Waals surface area (Å²) in [4.78, 5) is 14.3. The van der Waals surface area contributed by atoms with Crippen molar-refractivity contribution in [2.45, 2.75) is 0 Å². The third-order valence-corrected chi connectivity index (χ3v) is 0.916. The highest BCUT2D eigenvalue weighted by atomic mass is 19.1. The summed E-state index contributed by atoms with van der Waals surface area (Å²) < 4.78 is 24.5. The van der Waals surface area contributed by atoms with Gasteiger partial charge >= 0.3 is 5.69 Å². The molecule has 0 atom stereocenters. The molecule has 0 aliphatic carbocycles. The Balaban J connectivity index is 3.32.